The number of nitrogens with zero attached hydrogens (tertiary/aromatic N) is 1. The minimum atomic E-state index is -0.120. The molecule has 0 atom stereocenters. The lowest BCUT2D eigenvalue weighted by atomic mass is 10.1. The van der Waals surface area contributed by atoms with Gasteiger partial charge in [0.2, 0.25) is 0 Å². The Labute approximate surface area is 123 Å². The number of carbonyl (C=O) groups is 1. The Bertz CT molecular complexity index is 807. The van der Waals surface area contributed by atoms with Gasteiger partial charge >= 0.3 is 0 Å². The third-order valence-electron chi connectivity index (χ3n) is 3.42. The number of nitrogens with one attached hydrogen (secondary N) is 1. The number of para-hydroxylation sites is 1. The number of carbonyl (C=O) groups excluding carboxylic acids is 1. The molecule has 0 saturated heterocycles. The van der Waals surface area contributed by atoms with E-state index in [9.17, 15) is 4.79 Å². The summed E-state index contributed by atoms with van der Waals surface area (Å²) in [6.07, 6.45) is 0. The summed E-state index contributed by atoms with van der Waals surface area (Å²) in [5.74, 6) is -0.120. The molecule has 0 aliphatic carbocycles. The number of benzene rings is 2. The highest BCUT2D eigenvalue weighted by Gasteiger charge is 2.09. The minimum absolute atomic E-state index is 0.120. The number of aromatic nitrogens is 1. The summed E-state index contributed by atoms with van der Waals surface area (Å²) >= 11 is 0. The lowest BCUT2D eigenvalue weighted by molar-refractivity contribution is 0.102. The first-order valence-electron chi connectivity index (χ1n) is 6.88. The van der Waals surface area contributed by atoms with Crippen molar-refractivity contribution in [1.82, 2.24) is 4.98 Å². The van der Waals surface area contributed by atoms with Crippen molar-refractivity contribution in [1.29, 1.82) is 0 Å². The summed E-state index contributed by atoms with van der Waals surface area (Å²) in [5.41, 5.74) is 4.26. The SMILES string of the molecule is Cc1ccc(C(=O)Nc2cccc3ccc(C)nc23)cc1. The second-order valence-electron chi connectivity index (χ2n) is 5.15. The first-order valence-corrected chi connectivity index (χ1v) is 6.88. The Kier molecular flexibility index (Phi) is 3.40. The molecular weight excluding hydrogens is 260 g/mol. The van der Waals surface area contributed by atoms with E-state index in [0.29, 0.717) is 5.56 Å². The highest BCUT2D eigenvalue weighted by atomic mass is 16.1. The molecule has 0 unspecified atom stereocenters. The Morgan fingerprint density at radius 3 is 2.48 bits per heavy atom. The van der Waals surface area contributed by atoms with Crippen LogP contribution in [0.4, 0.5) is 5.69 Å². The van der Waals surface area contributed by atoms with Gasteiger partial charge < -0.3 is 5.32 Å². The first kappa shape index (κ1) is 13.3. The van der Waals surface area contributed by atoms with Gasteiger partial charge in [-0.15, -0.1) is 0 Å². The molecule has 0 saturated carbocycles. The second kappa shape index (κ2) is 5.37. The van der Waals surface area contributed by atoms with Crippen molar-refractivity contribution < 1.29 is 4.79 Å². The van der Waals surface area contributed by atoms with Crippen LogP contribution in [-0.4, -0.2) is 10.9 Å². The number of hydrogen-bond donors (Lipinski definition) is 1. The molecule has 0 spiro atoms. The maximum Gasteiger partial charge on any atom is 0.255 e. The Morgan fingerprint density at radius 1 is 0.952 bits per heavy atom. The molecule has 0 aliphatic heterocycles. The highest BCUT2D eigenvalue weighted by Crippen LogP contribution is 2.22. The fraction of sp³-hybridized carbons (Fsp3) is 0.111. The third kappa shape index (κ3) is 2.77. The molecule has 1 amide bonds. The van der Waals surface area contributed by atoms with Crippen molar-refractivity contribution in [3.8, 4) is 0 Å². The molecule has 0 fully saturated rings. The zero-order chi connectivity index (χ0) is 14.8. The molecule has 104 valence electrons. The third-order valence-corrected chi connectivity index (χ3v) is 3.42. The topological polar surface area (TPSA) is 42.0 Å². The van der Waals surface area contributed by atoms with Crippen LogP contribution < -0.4 is 5.32 Å². The van der Waals surface area contributed by atoms with Gasteiger partial charge in [-0.25, -0.2) is 0 Å². The lowest BCUT2D eigenvalue weighted by Gasteiger charge is -2.09. The first-order chi connectivity index (χ1) is 10.1. The van der Waals surface area contributed by atoms with Gasteiger partial charge in [-0.2, -0.15) is 0 Å². The molecule has 2 aromatic carbocycles. The largest absolute Gasteiger partial charge is 0.320 e. The predicted molar refractivity (Wildman–Crippen MR) is 85.6 cm³/mol. The van der Waals surface area contributed by atoms with E-state index in [4.69, 9.17) is 0 Å². The maximum atomic E-state index is 12.3. The molecule has 1 aromatic heterocycles. The van der Waals surface area contributed by atoms with Gasteiger partial charge in [-0.05, 0) is 38.1 Å². The van der Waals surface area contributed by atoms with E-state index in [1.807, 2.05) is 68.4 Å². The van der Waals surface area contributed by atoms with Gasteiger partial charge in [0.25, 0.3) is 5.91 Å². The van der Waals surface area contributed by atoms with Gasteiger partial charge in [0, 0.05) is 16.6 Å². The molecule has 1 N–H and O–H groups in total. The van der Waals surface area contributed by atoms with E-state index in [1.54, 1.807) is 0 Å². The number of hydrogen-bond acceptors (Lipinski definition) is 2. The van der Waals surface area contributed by atoms with Crippen LogP contribution in [0.5, 0.6) is 0 Å². The van der Waals surface area contributed by atoms with Gasteiger partial charge in [0.15, 0.2) is 0 Å². The molecular formula is C18H16N2O. The molecule has 0 bridgehead atoms. The quantitative estimate of drug-likeness (QED) is 0.765. The lowest BCUT2D eigenvalue weighted by Crippen LogP contribution is -2.12. The van der Waals surface area contributed by atoms with E-state index < -0.39 is 0 Å². The molecule has 21 heavy (non-hydrogen) atoms. The number of aryl methyl sites for hydroxylation is 2. The highest BCUT2D eigenvalue weighted by molar-refractivity contribution is 6.08. The number of rotatable bonds is 2. The molecule has 3 rings (SSSR count). The van der Waals surface area contributed by atoms with E-state index in [2.05, 4.69) is 10.3 Å². The zero-order valence-corrected chi connectivity index (χ0v) is 12.1. The fourth-order valence-electron chi connectivity index (χ4n) is 2.24. The van der Waals surface area contributed by atoms with Crippen molar-refractivity contribution >= 4 is 22.5 Å². The summed E-state index contributed by atoms with van der Waals surface area (Å²) in [5, 5.41) is 3.96. The minimum Gasteiger partial charge on any atom is -0.320 e. The summed E-state index contributed by atoms with van der Waals surface area (Å²) in [7, 11) is 0. The number of pyridine rings is 1. The molecule has 3 aromatic rings. The smallest absolute Gasteiger partial charge is 0.255 e. The fourth-order valence-corrected chi connectivity index (χ4v) is 2.24. The predicted octanol–water partition coefficient (Wildman–Crippen LogP) is 4.10. The Balaban J connectivity index is 1.96. The van der Waals surface area contributed by atoms with Crippen molar-refractivity contribution in [3.63, 3.8) is 0 Å². The van der Waals surface area contributed by atoms with E-state index in [1.165, 1.54) is 0 Å². The number of anilines is 1. The van der Waals surface area contributed by atoms with Crippen LogP contribution in [0.25, 0.3) is 10.9 Å². The summed E-state index contributed by atoms with van der Waals surface area (Å²) in [6, 6.07) is 17.3. The van der Waals surface area contributed by atoms with Crippen molar-refractivity contribution in [2.45, 2.75) is 13.8 Å². The van der Waals surface area contributed by atoms with Crippen LogP contribution in [0, 0.1) is 13.8 Å². The van der Waals surface area contributed by atoms with Crippen LogP contribution in [0.15, 0.2) is 54.6 Å². The summed E-state index contributed by atoms with van der Waals surface area (Å²) in [6.45, 7) is 3.94. The average Bonchev–Trinajstić information content (AvgIpc) is 2.48. The zero-order valence-electron chi connectivity index (χ0n) is 12.1. The maximum absolute atomic E-state index is 12.3. The van der Waals surface area contributed by atoms with Gasteiger partial charge in [0.05, 0.1) is 11.2 Å². The van der Waals surface area contributed by atoms with E-state index in [0.717, 1.165) is 27.8 Å². The summed E-state index contributed by atoms with van der Waals surface area (Å²) < 4.78 is 0. The van der Waals surface area contributed by atoms with Crippen molar-refractivity contribution in [3.05, 3.63) is 71.4 Å². The van der Waals surface area contributed by atoms with Gasteiger partial charge in [-0.1, -0.05) is 35.9 Å². The van der Waals surface area contributed by atoms with Crippen LogP contribution in [0.2, 0.25) is 0 Å². The normalized spacial score (nSPS) is 10.6. The molecule has 3 nitrogen and oxygen atoms in total. The molecule has 1 heterocycles. The summed E-state index contributed by atoms with van der Waals surface area (Å²) in [4.78, 5) is 16.8. The molecule has 3 heteroatoms. The number of amides is 1. The molecule has 0 aliphatic rings. The average molecular weight is 276 g/mol. The van der Waals surface area contributed by atoms with Crippen molar-refractivity contribution in [2.75, 3.05) is 5.32 Å². The Hall–Kier alpha value is -2.68. The van der Waals surface area contributed by atoms with Crippen molar-refractivity contribution in [2.24, 2.45) is 0 Å². The van der Waals surface area contributed by atoms with Gasteiger partial charge in [0.1, 0.15) is 0 Å². The number of fused-ring (bicyclic) bond motifs is 1. The second-order valence-corrected chi connectivity index (χ2v) is 5.15. The standard InChI is InChI=1S/C18H16N2O/c1-12-6-9-15(10-7-12)18(21)20-16-5-3-4-14-11-8-13(2)19-17(14)16/h3-11H,1-2H3,(H,20,21). The Morgan fingerprint density at radius 2 is 1.71 bits per heavy atom. The van der Waals surface area contributed by atoms with Crippen LogP contribution >= 0.6 is 0 Å². The monoisotopic (exact) mass is 276 g/mol. The molecule has 0 radical (unpaired) electrons. The van der Waals surface area contributed by atoms with Crippen LogP contribution in [0.3, 0.4) is 0 Å². The van der Waals surface area contributed by atoms with Crippen LogP contribution in [-0.2, 0) is 0 Å². The van der Waals surface area contributed by atoms with E-state index in [-0.39, 0.29) is 5.91 Å². The van der Waals surface area contributed by atoms with Crippen LogP contribution in [0.1, 0.15) is 21.6 Å². The van der Waals surface area contributed by atoms with E-state index >= 15 is 0 Å². The van der Waals surface area contributed by atoms with Gasteiger partial charge in [-0.3, -0.25) is 9.78 Å².